The maximum absolute atomic E-state index is 13.9. The van der Waals surface area contributed by atoms with Gasteiger partial charge in [0.15, 0.2) is 0 Å². The summed E-state index contributed by atoms with van der Waals surface area (Å²) < 4.78 is 21.2. The van der Waals surface area contributed by atoms with Crippen LogP contribution in [0.15, 0.2) is 70.8 Å². The molecule has 1 atom stereocenters. The van der Waals surface area contributed by atoms with E-state index in [4.69, 9.17) is 10.5 Å². The molecule has 2 heterocycles. The second-order valence-electron chi connectivity index (χ2n) is 7.42. The van der Waals surface area contributed by atoms with E-state index in [9.17, 15) is 14.4 Å². The molecule has 0 spiro atoms. The Morgan fingerprint density at radius 2 is 1.90 bits per heavy atom. The summed E-state index contributed by atoms with van der Waals surface area (Å²) in [6, 6.07) is 17.5. The minimum absolute atomic E-state index is 0.0747. The molecule has 3 aromatic rings. The molecule has 0 bridgehead atoms. The van der Waals surface area contributed by atoms with Crippen LogP contribution in [0.1, 0.15) is 33.9 Å². The van der Waals surface area contributed by atoms with Gasteiger partial charge in [-0.2, -0.15) is 5.26 Å². The molecule has 30 heavy (non-hydrogen) atoms. The van der Waals surface area contributed by atoms with E-state index in [-0.39, 0.29) is 22.6 Å². The zero-order valence-corrected chi connectivity index (χ0v) is 16.6. The summed E-state index contributed by atoms with van der Waals surface area (Å²) >= 11 is 0. The number of nitrogens with two attached hydrogens (primary N) is 1. The van der Waals surface area contributed by atoms with Crippen LogP contribution in [-0.2, 0) is 6.54 Å². The van der Waals surface area contributed by atoms with Crippen LogP contribution in [0.4, 0.5) is 4.39 Å². The summed E-state index contributed by atoms with van der Waals surface area (Å²) in [5, 5.41) is 9.69. The molecule has 1 aliphatic rings. The molecule has 0 aliphatic carbocycles. The van der Waals surface area contributed by atoms with Gasteiger partial charge in [0, 0.05) is 11.8 Å². The van der Waals surface area contributed by atoms with Gasteiger partial charge in [0.25, 0.3) is 5.56 Å². The second-order valence-corrected chi connectivity index (χ2v) is 7.42. The molecule has 2 aromatic carbocycles. The highest BCUT2D eigenvalue weighted by Gasteiger charge is 2.34. The third-order valence-electron chi connectivity index (χ3n) is 5.33. The van der Waals surface area contributed by atoms with Crippen LogP contribution in [0.2, 0.25) is 0 Å². The summed E-state index contributed by atoms with van der Waals surface area (Å²) in [7, 11) is 0. The largest absolute Gasteiger partial charge is 0.440 e. The van der Waals surface area contributed by atoms with E-state index in [1.54, 1.807) is 22.8 Å². The van der Waals surface area contributed by atoms with E-state index in [1.807, 2.05) is 44.2 Å². The van der Waals surface area contributed by atoms with Crippen molar-refractivity contribution in [3.05, 3.63) is 110 Å². The normalized spacial score (nSPS) is 15.3. The summed E-state index contributed by atoms with van der Waals surface area (Å²) in [5.74, 6) is -1.03. The number of pyridine rings is 1. The molecular formula is C24H20FN3O2. The van der Waals surface area contributed by atoms with E-state index >= 15 is 0 Å². The number of allylic oxidation sites excluding steroid dienone is 1. The lowest BCUT2D eigenvalue weighted by Gasteiger charge is -2.27. The van der Waals surface area contributed by atoms with Gasteiger partial charge < -0.3 is 15.0 Å². The van der Waals surface area contributed by atoms with Crippen LogP contribution in [-0.4, -0.2) is 4.57 Å². The SMILES string of the molecule is Cc1ccc(Cn2c(C)cc3c(c2=O)[C@@H](c2cccc(F)c2)C(C#N)=C(N)O3)cc1. The van der Waals surface area contributed by atoms with Crippen molar-refractivity contribution in [1.82, 2.24) is 4.57 Å². The fourth-order valence-electron chi connectivity index (χ4n) is 3.78. The van der Waals surface area contributed by atoms with Crippen molar-refractivity contribution in [3.63, 3.8) is 0 Å². The van der Waals surface area contributed by atoms with Crippen LogP contribution >= 0.6 is 0 Å². The molecule has 150 valence electrons. The number of ether oxygens (including phenoxy) is 1. The first kappa shape index (κ1) is 19.5. The molecule has 1 aliphatic heterocycles. The van der Waals surface area contributed by atoms with Gasteiger partial charge >= 0.3 is 0 Å². The number of aromatic nitrogens is 1. The van der Waals surface area contributed by atoms with Crippen molar-refractivity contribution in [2.45, 2.75) is 26.3 Å². The lowest BCUT2D eigenvalue weighted by molar-refractivity contribution is 0.388. The third-order valence-corrected chi connectivity index (χ3v) is 5.33. The minimum atomic E-state index is -0.799. The number of rotatable bonds is 3. The van der Waals surface area contributed by atoms with Gasteiger partial charge in [0.2, 0.25) is 5.88 Å². The van der Waals surface area contributed by atoms with Gasteiger partial charge in [-0.1, -0.05) is 42.0 Å². The van der Waals surface area contributed by atoms with E-state index in [0.29, 0.717) is 23.6 Å². The number of hydrogen-bond acceptors (Lipinski definition) is 4. The van der Waals surface area contributed by atoms with E-state index in [2.05, 4.69) is 0 Å². The van der Waals surface area contributed by atoms with E-state index in [1.165, 1.54) is 12.1 Å². The third kappa shape index (κ3) is 3.35. The van der Waals surface area contributed by atoms with Crippen LogP contribution < -0.4 is 16.0 Å². The fraction of sp³-hybridized carbons (Fsp3) is 0.167. The average molecular weight is 401 g/mol. The standard InChI is InChI=1S/C24H20FN3O2/c1-14-6-8-16(9-7-14)13-28-15(2)10-20-22(24(28)29)21(19(12-26)23(27)30-20)17-4-3-5-18(25)11-17/h3-11,21H,13,27H2,1-2H3/t21-/m0/s1. The number of nitrogens with zero attached hydrogens (tertiary/aromatic N) is 2. The fourth-order valence-corrected chi connectivity index (χ4v) is 3.78. The quantitative estimate of drug-likeness (QED) is 0.722. The molecule has 5 nitrogen and oxygen atoms in total. The summed E-state index contributed by atoms with van der Waals surface area (Å²) in [5.41, 5.74) is 9.34. The zero-order valence-electron chi connectivity index (χ0n) is 16.6. The molecule has 0 unspecified atom stereocenters. The Labute approximate surface area is 173 Å². The van der Waals surface area contributed by atoms with Gasteiger partial charge in [0.1, 0.15) is 23.2 Å². The van der Waals surface area contributed by atoms with Gasteiger partial charge in [-0.3, -0.25) is 4.79 Å². The second kappa shape index (κ2) is 7.53. The van der Waals surface area contributed by atoms with E-state index < -0.39 is 11.7 Å². The van der Waals surface area contributed by atoms with Crippen LogP contribution in [0, 0.1) is 31.0 Å². The Hall–Kier alpha value is -3.85. The Morgan fingerprint density at radius 1 is 1.17 bits per heavy atom. The molecule has 2 N–H and O–H groups in total. The highest BCUT2D eigenvalue weighted by molar-refractivity contribution is 5.55. The van der Waals surface area contributed by atoms with Crippen molar-refractivity contribution in [1.29, 1.82) is 5.26 Å². The summed E-state index contributed by atoms with van der Waals surface area (Å²) in [6.45, 7) is 4.19. The average Bonchev–Trinajstić information content (AvgIpc) is 2.71. The van der Waals surface area contributed by atoms with E-state index in [0.717, 1.165) is 11.1 Å². The monoisotopic (exact) mass is 401 g/mol. The molecular weight excluding hydrogens is 381 g/mol. The Kier molecular flexibility index (Phi) is 4.88. The number of aryl methyl sites for hydroxylation is 2. The molecule has 1 aromatic heterocycles. The first-order chi connectivity index (χ1) is 14.4. The van der Waals surface area contributed by atoms with Crippen molar-refractivity contribution < 1.29 is 9.13 Å². The highest BCUT2D eigenvalue weighted by atomic mass is 19.1. The predicted molar refractivity (Wildman–Crippen MR) is 111 cm³/mol. The van der Waals surface area contributed by atoms with Gasteiger partial charge in [-0.15, -0.1) is 0 Å². The number of benzene rings is 2. The number of hydrogen-bond donors (Lipinski definition) is 1. The number of halogens is 1. The zero-order chi connectivity index (χ0) is 21.4. The molecule has 0 saturated heterocycles. The first-order valence-electron chi connectivity index (χ1n) is 9.52. The van der Waals surface area contributed by atoms with Crippen LogP contribution in [0.5, 0.6) is 5.75 Å². The Balaban J connectivity index is 1.92. The smallest absolute Gasteiger partial charge is 0.259 e. The topological polar surface area (TPSA) is 81.0 Å². The predicted octanol–water partition coefficient (Wildman–Crippen LogP) is 3.87. The molecule has 4 rings (SSSR count). The molecule has 6 heteroatoms. The van der Waals surface area contributed by atoms with Crippen LogP contribution in [0.3, 0.4) is 0 Å². The summed E-state index contributed by atoms with van der Waals surface area (Å²) in [4.78, 5) is 13.6. The maximum atomic E-state index is 13.9. The highest BCUT2D eigenvalue weighted by Crippen LogP contribution is 2.40. The van der Waals surface area contributed by atoms with Crippen molar-refractivity contribution in [3.8, 4) is 11.8 Å². The first-order valence-corrected chi connectivity index (χ1v) is 9.52. The lowest BCUT2D eigenvalue weighted by Crippen LogP contribution is -2.33. The van der Waals surface area contributed by atoms with Gasteiger partial charge in [0.05, 0.1) is 18.0 Å². The maximum Gasteiger partial charge on any atom is 0.259 e. The molecule has 0 radical (unpaired) electrons. The van der Waals surface area contributed by atoms with Gasteiger partial charge in [-0.25, -0.2) is 4.39 Å². The van der Waals surface area contributed by atoms with Crippen molar-refractivity contribution in [2.75, 3.05) is 0 Å². The van der Waals surface area contributed by atoms with Crippen molar-refractivity contribution >= 4 is 0 Å². The van der Waals surface area contributed by atoms with Crippen LogP contribution in [0.25, 0.3) is 0 Å². The van der Waals surface area contributed by atoms with Crippen molar-refractivity contribution in [2.24, 2.45) is 5.73 Å². The minimum Gasteiger partial charge on any atom is -0.440 e. The number of fused-ring (bicyclic) bond motifs is 1. The molecule has 0 amide bonds. The Bertz CT molecular complexity index is 1270. The molecule has 0 fully saturated rings. The summed E-state index contributed by atoms with van der Waals surface area (Å²) in [6.07, 6.45) is 0. The number of nitriles is 1. The lowest BCUT2D eigenvalue weighted by atomic mass is 9.84. The molecule has 0 saturated carbocycles. The van der Waals surface area contributed by atoms with Gasteiger partial charge in [-0.05, 0) is 37.1 Å². The Morgan fingerprint density at radius 3 is 2.57 bits per heavy atom.